The fourth-order valence-electron chi connectivity index (χ4n) is 2.58. The maximum absolute atomic E-state index is 12.6. The summed E-state index contributed by atoms with van der Waals surface area (Å²) < 4.78 is 1.80. The van der Waals surface area contributed by atoms with E-state index in [2.05, 4.69) is 5.32 Å². The van der Waals surface area contributed by atoms with Crippen LogP contribution in [0, 0.1) is 0 Å². The summed E-state index contributed by atoms with van der Waals surface area (Å²) in [5, 5.41) is 2.86. The fraction of sp³-hybridized carbons (Fsp3) is 0.0952. The van der Waals surface area contributed by atoms with Crippen LogP contribution in [0.25, 0.3) is 0 Å². The summed E-state index contributed by atoms with van der Waals surface area (Å²) in [6, 6.07) is 21.5. The van der Waals surface area contributed by atoms with Crippen LogP contribution in [0.2, 0.25) is 0 Å². The first-order valence-corrected chi connectivity index (χ1v) is 8.11. The van der Waals surface area contributed by atoms with Crippen LogP contribution in [-0.2, 0) is 0 Å². The van der Waals surface area contributed by atoms with Crippen LogP contribution < -0.4 is 9.88 Å². The van der Waals surface area contributed by atoms with E-state index in [0.717, 1.165) is 0 Å². The topological polar surface area (TPSA) is 81.5 Å². The van der Waals surface area contributed by atoms with Crippen LogP contribution in [0.5, 0.6) is 0 Å². The largest absolute Gasteiger partial charge is 0.412 e. The fourth-order valence-corrected chi connectivity index (χ4v) is 2.58. The lowest BCUT2D eigenvalue weighted by Crippen LogP contribution is -2.42. The second kappa shape index (κ2) is 10.4. The summed E-state index contributed by atoms with van der Waals surface area (Å²) in [5.74, 6) is -0.155. The van der Waals surface area contributed by atoms with Crippen molar-refractivity contribution in [3.63, 3.8) is 0 Å². The number of amides is 1. The number of nitrogens with one attached hydrogen (secondary N) is 1. The number of hydrogen-bond acceptors (Lipinski definition) is 2. The Morgan fingerprint density at radius 1 is 0.852 bits per heavy atom. The van der Waals surface area contributed by atoms with Gasteiger partial charge >= 0.3 is 0 Å². The monoisotopic (exact) mass is 429 g/mol. The summed E-state index contributed by atoms with van der Waals surface area (Å²) in [6.07, 6.45) is 3.59. The number of rotatable bonds is 5. The average molecular weight is 430 g/mol. The quantitative estimate of drug-likeness (QED) is 0.497. The van der Waals surface area contributed by atoms with Crippen molar-refractivity contribution in [2.24, 2.45) is 0 Å². The lowest BCUT2D eigenvalue weighted by atomic mass is 10.1. The van der Waals surface area contributed by atoms with E-state index in [1.54, 1.807) is 41.1 Å². The molecular weight excluding hydrogens is 408 g/mol. The zero-order chi connectivity index (χ0) is 17.6. The molecule has 27 heavy (non-hydrogen) atoms. The van der Waals surface area contributed by atoms with Gasteiger partial charge in [0, 0.05) is 24.1 Å². The van der Waals surface area contributed by atoms with E-state index < -0.39 is 0 Å². The molecule has 0 fully saturated rings. The van der Waals surface area contributed by atoms with Crippen molar-refractivity contribution in [3.8, 4) is 0 Å². The van der Waals surface area contributed by atoms with Crippen molar-refractivity contribution in [3.05, 3.63) is 96.3 Å². The predicted molar refractivity (Wildman–Crippen MR) is 110 cm³/mol. The molecule has 0 aliphatic heterocycles. The molecule has 0 aliphatic carbocycles. The highest BCUT2D eigenvalue weighted by molar-refractivity contribution is 8.93. The van der Waals surface area contributed by atoms with Gasteiger partial charge in [0.15, 0.2) is 12.4 Å². The summed E-state index contributed by atoms with van der Waals surface area (Å²) in [5.41, 5.74) is 1.90. The van der Waals surface area contributed by atoms with Gasteiger partial charge in [-0.2, -0.15) is 4.57 Å². The number of benzene rings is 2. The maximum atomic E-state index is 12.6. The molecule has 1 aromatic heterocycles. The smallest absolute Gasteiger partial charge is 0.255 e. The minimum atomic E-state index is -0.365. The molecule has 3 aromatic rings. The van der Waals surface area contributed by atoms with Crippen molar-refractivity contribution in [1.82, 2.24) is 0 Å². The Kier molecular flexibility index (Phi) is 8.51. The molecular formula is C21H22BrN2O3+. The number of Topliss-reactive ketones (excluding diaryl/α,β-unsaturated/α-hetero) is 1. The molecule has 1 heterocycles. The molecule has 0 radical (unpaired) electrons. The molecule has 1 amide bonds. The van der Waals surface area contributed by atoms with Gasteiger partial charge in [-0.3, -0.25) is 9.59 Å². The number of carbonyl (C=O) groups is 2. The molecule has 5 nitrogen and oxygen atoms in total. The molecule has 1 unspecified atom stereocenters. The van der Waals surface area contributed by atoms with Crippen LogP contribution >= 0.6 is 17.0 Å². The van der Waals surface area contributed by atoms with Gasteiger partial charge in [-0.25, -0.2) is 0 Å². The Morgan fingerprint density at radius 2 is 1.41 bits per heavy atom. The van der Waals surface area contributed by atoms with E-state index in [1.807, 2.05) is 55.6 Å². The van der Waals surface area contributed by atoms with Crippen LogP contribution in [0.3, 0.4) is 0 Å². The molecule has 0 bridgehead atoms. The Labute approximate surface area is 168 Å². The summed E-state index contributed by atoms with van der Waals surface area (Å²) >= 11 is 0. The highest BCUT2D eigenvalue weighted by Crippen LogP contribution is 2.11. The molecule has 2 aromatic carbocycles. The zero-order valence-electron chi connectivity index (χ0n) is 14.8. The summed E-state index contributed by atoms with van der Waals surface area (Å²) in [7, 11) is 0. The van der Waals surface area contributed by atoms with E-state index in [1.165, 1.54) is 0 Å². The normalized spacial score (nSPS) is 10.7. The summed E-state index contributed by atoms with van der Waals surface area (Å²) in [6.45, 7) is 1.85. The number of aromatic nitrogens is 1. The van der Waals surface area contributed by atoms with E-state index in [0.29, 0.717) is 16.8 Å². The van der Waals surface area contributed by atoms with Gasteiger partial charge in [0.1, 0.15) is 5.69 Å². The maximum Gasteiger partial charge on any atom is 0.255 e. The number of hydrogen-bond donors (Lipinski definition) is 1. The van der Waals surface area contributed by atoms with Crippen LogP contribution in [0.15, 0.2) is 85.2 Å². The van der Waals surface area contributed by atoms with Gasteiger partial charge in [0.2, 0.25) is 11.8 Å². The number of halogens is 1. The number of ketones is 1. The SMILES string of the molecule is Br.CC(C(=O)c1ccccc1)[n+]1cccc(NC(=O)c2ccccc2)c1.O. The van der Waals surface area contributed by atoms with Crippen molar-refractivity contribution in [1.29, 1.82) is 0 Å². The minimum absolute atomic E-state index is 0. The predicted octanol–water partition coefficient (Wildman–Crippen LogP) is 3.42. The number of nitrogens with zero attached hydrogens (tertiary/aromatic N) is 1. The highest BCUT2D eigenvalue weighted by atomic mass is 79.9. The third-order valence-corrected chi connectivity index (χ3v) is 4.00. The van der Waals surface area contributed by atoms with Gasteiger partial charge in [0.05, 0.1) is 0 Å². The first kappa shape index (κ1) is 22.2. The van der Waals surface area contributed by atoms with Gasteiger partial charge in [-0.15, -0.1) is 17.0 Å². The summed E-state index contributed by atoms with van der Waals surface area (Å²) in [4.78, 5) is 24.9. The van der Waals surface area contributed by atoms with E-state index in [4.69, 9.17) is 0 Å². The minimum Gasteiger partial charge on any atom is -0.412 e. The zero-order valence-corrected chi connectivity index (χ0v) is 16.5. The third kappa shape index (κ3) is 5.57. The van der Waals surface area contributed by atoms with Crippen LogP contribution in [-0.4, -0.2) is 17.2 Å². The average Bonchev–Trinajstić information content (AvgIpc) is 2.68. The van der Waals surface area contributed by atoms with Crippen molar-refractivity contribution in [2.75, 3.05) is 5.32 Å². The molecule has 1 atom stereocenters. The van der Waals surface area contributed by atoms with Gasteiger partial charge in [0.25, 0.3) is 5.91 Å². The number of anilines is 1. The molecule has 140 valence electrons. The van der Waals surface area contributed by atoms with Crippen molar-refractivity contribution >= 4 is 34.4 Å². The highest BCUT2D eigenvalue weighted by Gasteiger charge is 2.23. The molecule has 6 heteroatoms. The molecule has 0 aliphatic rings. The van der Waals surface area contributed by atoms with E-state index in [-0.39, 0.29) is 40.2 Å². The number of pyridine rings is 1. The third-order valence-electron chi connectivity index (χ3n) is 4.00. The van der Waals surface area contributed by atoms with E-state index >= 15 is 0 Å². The Balaban J connectivity index is 0.00000182. The second-order valence-electron chi connectivity index (χ2n) is 5.77. The van der Waals surface area contributed by atoms with Gasteiger partial charge in [-0.05, 0) is 18.2 Å². The number of carbonyl (C=O) groups excluding carboxylic acids is 2. The Morgan fingerprint density at radius 3 is 2.00 bits per heavy atom. The molecule has 0 saturated heterocycles. The molecule has 0 saturated carbocycles. The standard InChI is InChI=1S/C21H18N2O2.BrH.H2O/c1-16(20(24)17-9-4-2-5-10-17)23-14-8-13-19(15-23)22-21(25)18-11-6-3-7-12-18;;/h2-16H,1H3;1H;1H2/p+1. The molecule has 0 spiro atoms. The first-order valence-electron chi connectivity index (χ1n) is 8.11. The van der Waals surface area contributed by atoms with Crippen molar-refractivity contribution in [2.45, 2.75) is 13.0 Å². The lowest BCUT2D eigenvalue weighted by Gasteiger charge is -2.08. The van der Waals surface area contributed by atoms with Gasteiger partial charge < -0.3 is 10.8 Å². The van der Waals surface area contributed by atoms with Crippen molar-refractivity contribution < 1.29 is 19.6 Å². The lowest BCUT2D eigenvalue weighted by molar-refractivity contribution is -0.704. The van der Waals surface area contributed by atoms with Crippen LogP contribution in [0.1, 0.15) is 33.7 Å². The second-order valence-corrected chi connectivity index (χ2v) is 5.77. The molecule has 3 rings (SSSR count). The van der Waals surface area contributed by atoms with E-state index in [9.17, 15) is 9.59 Å². The molecule has 3 N–H and O–H groups in total. The Hall–Kier alpha value is -2.83. The van der Waals surface area contributed by atoms with Gasteiger partial charge in [-0.1, -0.05) is 48.5 Å². The Bertz CT molecular complexity index is 886. The first-order chi connectivity index (χ1) is 12.1. The van der Waals surface area contributed by atoms with Crippen LogP contribution in [0.4, 0.5) is 5.69 Å².